The van der Waals surface area contributed by atoms with Gasteiger partial charge in [0, 0.05) is 11.6 Å². The Morgan fingerprint density at radius 1 is 1.18 bits per heavy atom. The fourth-order valence-corrected chi connectivity index (χ4v) is 1.64. The van der Waals surface area contributed by atoms with E-state index in [4.69, 9.17) is 4.74 Å². The maximum atomic E-state index is 11.1. The normalized spacial score (nSPS) is 14.6. The smallest absolute Gasteiger partial charge is 0.264 e. The summed E-state index contributed by atoms with van der Waals surface area (Å²) in [6, 6.07) is 9.26. The van der Waals surface area contributed by atoms with Crippen molar-refractivity contribution in [2.75, 3.05) is 0 Å². The number of nitrogens with one attached hydrogen (secondary N) is 1. The van der Waals surface area contributed by atoms with E-state index in [1.165, 1.54) is 6.07 Å². The molecular weight excluding hydrogens is 216 g/mol. The van der Waals surface area contributed by atoms with Crippen molar-refractivity contribution in [1.29, 1.82) is 0 Å². The van der Waals surface area contributed by atoms with E-state index in [0.717, 1.165) is 29.7 Å². The van der Waals surface area contributed by atoms with E-state index < -0.39 is 0 Å². The molecule has 86 valence electrons. The van der Waals surface area contributed by atoms with Crippen molar-refractivity contribution in [1.82, 2.24) is 10.2 Å². The summed E-state index contributed by atoms with van der Waals surface area (Å²) < 4.78 is 5.66. The van der Waals surface area contributed by atoms with Crippen molar-refractivity contribution in [3.63, 3.8) is 0 Å². The van der Waals surface area contributed by atoms with Crippen LogP contribution < -0.4 is 10.3 Å². The summed E-state index contributed by atoms with van der Waals surface area (Å²) in [6.07, 6.45) is 4.35. The largest absolute Gasteiger partial charge is 0.490 e. The topological polar surface area (TPSA) is 55.0 Å². The van der Waals surface area contributed by atoms with Crippen molar-refractivity contribution in [3.8, 4) is 16.9 Å². The van der Waals surface area contributed by atoms with Crippen molar-refractivity contribution < 1.29 is 4.74 Å². The number of H-pyrrole nitrogens is 1. The summed E-state index contributed by atoms with van der Waals surface area (Å²) in [4.78, 5) is 11.1. The van der Waals surface area contributed by atoms with Crippen LogP contribution in [-0.2, 0) is 0 Å². The van der Waals surface area contributed by atoms with Gasteiger partial charge in [-0.25, -0.2) is 5.10 Å². The van der Waals surface area contributed by atoms with Gasteiger partial charge in [-0.2, -0.15) is 5.10 Å². The molecule has 0 bridgehead atoms. The third kappa shape index (κ3) is 2.36. The van der Waals surface area contributed by atoms with Crippen LogP contribution in [-0.4, -0.2) is 16.3 Å². The summed E-state index contributed by atoms with van der Waals surface area (Å²) in [6.45, 7) is 0. The van der Waals surface area contributed by atoms with Gasteiger partial charge in [-0.3, -0.25) is 4.79 Å². The Hall–Kier alpha value is -2.10. The van der Waals surface area contributed by atoms with Gasteiger partial charge in [-0.1, -0.05) is 12.1 Å². The minimum absolute atomic E-state index is 0.194. The lowest BCUT2D eigenvalue weighted by Crippen LogP contribution is -2.05. The predicted molar refractivity (Wildman–Crippen MR) is 63.9 cm³/mol. The Balaban J connectivity index is 1.85. The van der Waals surface area contributed by atoms with Crippen LogP contribution in [0.25, 0.3) is 11.1 Å². The van der Waals surface area contributed by atoms with Gasteiger partial charge >= 0.3 is 0 Å². The zero-order chi connectivity index (χ0) is 11.7. The summed E-state index contributed by atoms with van der Waals surface area (Å²) in [5, 5.41) is 6.13. The van der Waals surface area contributed by atoms with Crippen molar-refractivity contribution in [2.45, 2.75) is 18.9 Å². The van der Waals surface area contributed by atoms with E-state index >= 15 is 0 Å². The average molecular weight is 228 g/mol. The summed E-state index contributed by atoms with van der Waals surface area (Å²) >= 11 is 0. The van der Waals surface area contributed by atoms with Gasteiger partial charge in [0.05, 0.1) is 12.3 Å². The van der Waals surface area contributed by atoms with Crippen LogP contribution in [0.2, 0.25) is 0 Å². The molecule has 1 aliphatic rings. The van der Waals surface area contributed by atoms with Gasteiger partial charge in [-0.15, -0.1) is 0 Å². The molecule has 1 fully saturated rings. The number of aromatic nitrogens is 2. The molecule has 0 amide bonds. The molecule has 1 saturated carbocycles. The minimum Gasteiger partial charge on any atom is -0.490 e. The molecule has 0 spiro atoms. The number of ether oxygens (including phenoxy) is 1. The molecule has 4 nitrogen and oxygen atoms in total. The molecule has 3 rings (SSSR count). The van der Waals surface area contributed by atoms with Crippen molar-refractivity contribution in [3.05, 3.63) is 46.9 Å². The van der Waals surface area contributed by atoms with E-state index in [1.807, 2.05) is 24.3 Å². The van der Waals surface area contributed by atoms with Crippen LogP contribution >= 0.6 is 0 Å². The Labute approximate surface area is 98.3 Å². The van der Waals surface area contributed by atoms with Crippen LogP contribution in [0.3, 0.4) is 0 Å². The summed E-state index contributed by atoms with van der Waals surface area (Å²) in [5.74, 6) is 0.883. The number of rotatable bonds is 3. The molecule has 1 aliphatic carbocycles. The van der Waals surface area contributed by atoms with Gasteiger partial charge < -0.3 is 4.74 Å². The summed E-state index contributed by atoms with van der Waals surface area (Å²) in [7, 11) is 0. The van der Waals surface area contributed by atoms with Crippen molar-refractivity contribution in [2.24, 2.45) is 0 Å². The zero-order valence-corrected chi connectivity index (χ0v) is 9.22. The van der Waals surface area contributed by atoms with Crippen LogP contribution in [0.15, 0.2) is 41.3 Å². The molecule has 17 heavy (non-hydrogen) atoms. The van der Waals surface area contributed by atoms with E-state index in [2.05, 4.69) is 10.2 Å². The fraction of sp³-hybridized carbons (Fsp3) is 0.231. The molecule has 0 unspecified atom stereocenters. The van der Waals surface area contributed by atoms with Gasteiger partial charge in [0.25, 0.3) is 5.56 Å². The third-order valence-electron chi connectivity index (χ3n) is 2.68. The number of hydrogen-bond donors (Lipinski definition) is 1. The van der Waals surface area contributed by atoms with Crippen LogP contribution in [0, 0.1) is 0 Å². The standard InChI is InChI=1S/C13H12N2O2/c16-13-7-10(8-14-15-13)9-1-3-11(4-2-9)17-12-5-6-12/h1-4,7-8,12H,5-6H2,(H,15,16). The van der Waals surface area contributed by atoms with Crippen LogP contribution in [0.1, 0.15) is 12.8 Å². The number of benzene rings is 1. The molecule has 1 aromatic heterocycles. The van der Waals surface area contributed by atoms with Gasteiger partial charge in [0.1, 0.15) is 5.75 Å². The second kappa shape index (κ2) is 4.05. The Kier molecular flexibility index (Phi) is 2.40. The highest BCUT2D eigenvalue weighted by atomic mass is 16.5. The fourth-order valence-electron chi connectivity index (χ4n) is 1.64. The molecule has 4 heteroatoms. The Morgan fingerprint density at radius 3 is 2.59 bits per heavy atom. The van der Waals surface area contributed by atoms with E-state index in [9.17, 15) is 4.79 Å². The molecule has 0 radical (unpaired) electrons. The maximum absolute atomic E-state index is 11.1. The first-order chi connectivity index (χ1) is 8.31. The molecule has 0 aliphatic heterocycles. The molecule has 0 atom stereocenters. The summed E-state index contributed by atoms with van der Waals surface area (Å²) in [5.41, 5.74) is 1.58. The molecular formula is C13H12N2O2. The second-order valence-electron chi connectivity index (χ2n) is 4.18. The number of nitrogens with zero attached hydrogens (tertiary/aromatic N) is 1. The SMILES string of the molecule is O=c1cc(-c2ccc(OC3CC3)cc2)cn[nH]1. The average Bonchev–Trinajstić information content (AvgIpc) is 3.14. The quantitative estimate of drug-likeness (QED) is 0.873. The van der Waals surface area contributed by atoms with Crippen LogP contribution in [0.4, 0.5) is 0 Å². The molecule has 2 aromatic rings. The monoisotopic (exact) mass is 228 g/mol. The minimum atomic E-state index is -0.194. The molecule has 1 N–H and O–H groups in total. The second-order valence-corrected chi connectivity index (χ2v) is 4.18. The van der Waals surface area contributed by atoms with Gasteiger partial charge in [0.15, 0.2) is 0 Å². The van der Waals surface area contributed by atoms with E-state index in [0.29, 0.717) is 6.10 Å². The van der Waals surface area contributed by atoms with Gasteiger partial charge in [0.2, 0.25) is 0 Å². The highest BCUT2D eigenvalue weighted by Crippen LogP contribution is 2.28. The first-order valence-electron chi connectivity index (χ1n) is 5.63. The van der Waals surface area contributed by atoms with Gasteiger partial charge in [-0.05, 0) is 30.5 Å². The lowest BCUT2D eigenvalue weighted by atomic mass is 10.1. The van der Waals surface area contributed by atoms with Crippen molar-refractivity contribution >= 4 is 0 Å². The Morgan fingerprint density at radius 2 is 1.94 bits per heavy atom. The first kappa shape index (κ1) is 10.1. The lowest BCUT2D eigenvalue weighted by Gasteiger charge is -2.05. The lowest BCUT2D eigenvalue weighted by molar-refractivity contribution is 0.303. The third-order valence-corrected chi connectivity index (χ3v) is 2.68. The maximum Gasteiger partial charge on any atom is 0.264 e. The zero-order valence-electron chi connectivity index (χ0n) is 9.22. The Bertz CT molecular complexity index is 570. The van der Waals surface area contributed by atoms with E-state index in [1.54, 1.807) is 6.20 Å². The van der Waals surface area contributed by atoms with E-state index in [-0.39, 0.29) is 5.56 Å². The number of aromatic amines is 1. The molecule has 1 aromatic carbocycles. The first-order valence-corrected chi connectivity index (χ1v) is 5.63. The molecule has 0 saturated heterocycles. The highest BCUT2D eigenvalue weighted by molar-refractivity contribution is 5.62. The highest BCUT2D eigenvalue weighted by Gasteiger charge is 2.23. The van der Waals surface area contributed by atoms with Crippen LogP contribution in [0.5, 0.6) is 5.75 Å². The molecule has 1 heterocycles. The predicted octanol–water partition coefficient (Wildman–Crippen LogP) is 1.98. The number of hydrogen-bond acceptors (Lipinski definition) is 3.